The van der Waals surface area contributed by atoms with Gasteiger partial charge in [0.15, 0.2) is 0 Å². The van der Waals surface area contributed by atoms with Gasteiger partial charge in [-0.15, -0.1) is 11.8 Å². The molecule has 0 aliphatic carbocycles. The summed E-state index contributed by atoms with van der Waals surface area (Å²) in [5.41, 5.74) is 1.88. The number of thioether (sulfide) groups is 1. The average Bonchev–Trinajstić information content (AvgIpc) is 2.65. The normalized spacial score (nSPS) is 11.6. The maximum Gasteiger partial charge on any atom is 0.243 e. The van der Waals surface area contributed by atoms with Crippen molar-refractivity contribution in [3.8, 4) is 0 Å². The van der Waals surface area contributed by atoms with Gasteiger partial charge in [-0.3, -0.25) is 14.6 Å². The average molecular weight is 357 g/mol. The van der Waals surface area contributed by atoms with E-state index in [0.29, 0.717) is 5.69 Å². The van der Waals surface area contributed by atoms with Gasteiger partial charge in [0.05, 0.1) is 6.54 Å². The number of nitrogens with zero attached hydrogens (tertiary/aromatic N) is 1. The third-order valence-corrected chi connectivity index (χ3v) is 4.83. The Morgan fingerprint density at radius 1 is 1.20 bits per heavy atom. The van der Waals surface area contributed by atoms with E-state index >= 15 is 0 Å². The van der Waals surface area contributed by atoms with Gasteiger partial charge in [0.25, 0.3) is 0 Å². The summed E-state index contributed by atoms with van der Waals surface area (Å²) in [5.74, 6) is 0.442. The molecule has 2 N–H and O–H groups in total. The molecule has 1 heterocycles. The first-order valence-electron chi connectivity index (χ1n) is 8.27. The summed E-state index contributed by atoms with van der Waals surface area (Å²) in [6.45, 7) is 3.77. The van der Waals surface area contributed by atoms with Gasteiger partial charge in [-0.25, -0.2) is 0 Å². The van der Waals surface area contributed by atoms with Crippen molar-refractivity contribution in [2.24, 2.45) is 5.92 Å². The molecule has 132 valence electrons. The number of benzene rings is 1. The van der Waals surface area contributed by atoms with Crippen molar-refractivity contribution in [3.05, 3.63) is 54.4 Å². The fraction of sp³-hybridized carbons (Fsp3) is 0.316. The number of aromatic nitrogens is 1. The zero-order chi connectivity index (χ0) is 18.1. The highest BCUT2D eigenvalue weighted by Gasteiger charge is 2.11. The zero-order valence-corrected chi connectivity index (χ0v) is 15.3. The minimum atomic E-state index is -0.229. The van der Waals surface area contributed by atoms with Crippen molar-refractivity contribution in [2.45, 2.75) is 30.9 Å². The predicted molar refractivity (Wildman–Crippen MR) is 101 cm³/mol. The summed E-state index contributed by atoms with van der Waals surface area (Å²) >= 11 is 1.71. The van der Waals surface area contributed by atoms with E-state index in [9.17, 15) is 9.59 Å². The Balaban J connectivity index is 1.77. The van der Waals surface area contributed by atoms with Crippen molar-refractivity contribution >= 4 is 29.3 Å². The molecule has 2 amide bonds. The highest BCUT2D eigenvalue weighted by atomic mass is 32.2. The predicted octanol–water partition coefficient (Wildman–Crippen LogP) is 3.47. The van der Waals surface area contributed by atoms with Crippen LogP contribution in [0.4, 0.5) is 5.69 Å². The maximum absolute atomic E-state index is 11.9. The molecule has 0 saturated carbocycles. The van der Waals surface area contributed by atoms with Gasteiger partial charge in [0.1, 0.15) is 0 Å². The lowest BCUT2D eigenvalue weighted by Crippen LogP contribution is -2.35. The lowest BCUT2D eigenvalue weighted by Gasteiger charge is -2.10. The second kappa shape index (κ2) is 9.84. The van der Waals surface area contributed by atoms with Crippen LogP contribution in [0.15, 0.2) is 53.7 Å². The number of carbonyl (C=O) groups is 2. The Labute approximate surface area is 152 Å². The summed E-state index contributed by atoms with van der Waals surface area (Å²) in [4.78, 5) is 28.8. The standard InChI is InChI=1S/C19H23N3O2S/c1-3-14(2)19(24)21-12-18(23)22-16-6-8-17(9-7-16)25-13-15-5-4-10-20-11-15/h4-11,14H,3,12-13H2,1-2H3,(H,21,24)(H,22,23). The van der Waals surface area contributed by atoms with Crippen molar-refractivity contribution < 1.29 is 9.59 Å². The summed E-state index contributed by atoms with van der Waals surface area (Å²) in [5, 5.41) is 5.42. The molecule has 1 unspecified atom stereocenters. The third-order valence-electron chi connectivity index (χ3n) is 3.75. The van der Waals surface area contributed by atoms with Gasteiger partial charge in [-0.2, -0.15) is 0 Å². The van der Waals surface area contributed by atoms with Crippen LogP contribution in [-0.4, -0.2) is 23.3 Å². The number of hydrogen-bond acceptors (Lipinski definition) is 4. The second-order valence-electron chi connectivity index (χ2n) is 5.75. The van der Waals surface area contributed by atoms with Crippen LogP contribution in [0, 0.1) is 5.92 Å². The van der Waals surface area contributed by atoms with Gasteiger partial charge in [0, 0.05) is 34.6 Å². The van der Waals surface area contributed by atoms with E-state index in [0.717, 1.165) is 17.1 Å². The van der Waals surface area contributed by atoms with Crippen molar-refractivity contribution in [1.29, 1.82) is 0 Å². The number of rotatable bonds is 8. The molecule has 0 aliphatic heterocycles. The van der Waals surface area contributed by atoms with E-state index in [1.807, 2.05) is 56.4 Å². The summed E-state index contributed by atoms with van der Waals surface area (Å²) in [6.07, 6.45) is 4.37. The molecule has 0 radical (unpaired) electrons. The number of carbonyl (C=O) groups excluding carboxylic acids is 2. The first-order chi connectivity index (χ1) is 12.1. The summed E-state index contributed by atoms with van der Waals surface area (Å²) < 4.78 is 0. The molecule has 2 aromatic rings. The second-order valence-corrected chi connectivity index (χ2v) is 6.80. The molecule has 0 aliphatic rings. The SMILES string of the molecule is CCC(C)C(=O)NCC(=O)Nc1ccc(SCc2cccnc2)cc1. The number of amides is 2. The quantitative estimate of drug-likeness (QED) is 0.710. The molecule has 1 aromatic heterocycles. The largest absolute Gasteiger partial charge is 0.347 e. The van der Waals surface area contributed by atoms with E-state index in [1.54, 1.807) is 18.0 Å². The molecule has 2 rings (SSSR count). The van der Waals surface area contributed by atoms with Gasteiger partial charge >= 0.3 is 0 Å². The molecule has 25 heavy (non-hydrogen) atoms. The fourth-order valence-electron chi connectivity index (χ4n) is 2.02. The van der Waals surface area contributed by atoms with Gasteiger partial charge in [0.2, 0.25) is 11.8 Å². The maximum atomic E-state index is 11.9. The Kier molecular flexibility index (Phi) is 7.47. The van der Waals surface area contributed by atoms with Crippen LogP contribution in [0.25, 0.3) is 0 Å². The topological polar surface area (TPSA) is 71.1 Å². The third kappa shape index (κ3) is 6.58. The van der Waals surface area contributed by atoms with Crippen LogP contribution in [0.1, 0.15) is 25.8 Å². The highest BCUT2D eigenvalue weighted by Crippen LogP contribution is 2.23. The number of hydrogen-bond donors (Lipinski definition) is 2. The lowest BCUT2D eigenvalue weighted by atomic mass is 10.1. The molecule has 1 aromatic carbocycles. The van der Waals surface area contributed by atoms with Crippen LogP contribution < -0.4 is 10.6 Å². The Hall–Kier alpha value is -2.34. The molecule has 5 nitrogen and oxygen atoms in total. The van der Waals surface area contributed by atoms with E-state index < -0.39 is 0 Å². The van der Waals surface area contributed by atoms with Crippen LogP contribution in [0.5, 0.6) is 0 Å². The Bertz CT molecular complexity index is 690. The van der Waals surface area contributed by atoms with E-state index in [4.69, 9.17) is 0 Å². The minimum Gasteiger partial charge on any atom is -0.347 e. The van der Waals surface area contributed by atoms with E-state index in [-0.39, 0.29) is 24.3 Å². The van der Waals surface area contributed by atoms with Crippen molar-refractivity contribution in [2.75, 3.05) is 11.9 Å². The molecule has 0 saturated heterocycles. The van der Waals surface area contributed by atoms with Gasteiger partial charge < -0.3 is 10.6 Å². The van der Waals surface area contributed by atoms with Crippen LogP contribution in [-0.2, 0) is 15.3 Å². The first-order valence-corrected chi connectivity index (χ1v) is 9.26. The minimum absolute atomic E-state index is 0.0132. The van der Waals surface area contributed by atoms with Crippen LogP contribution in [0.3, 0.4) is 0 Å². The Morgan fingerprint density at radius 3 is 2.60 bits per heavy atom. The first kappa shape index (κ1) is 19.0. The molecule has 6 heteroatoms. The smallest absolute Gasteiger partial charge is 0.243 e. The zero-order valence-electron chi connectivity index (χ0n) is 14.5. The summed E-state index contributed by atoms with van der Waals surface area (Å²) in [6, 6.07) is 11.6. The van der Waals surface area contributed by atoms with E-state index in [2.05, 4.69) is 15.6 Å². The summed E-state index contributed by atoms with van der Waals surface area (Å²) in [7, 11) is 0. The molecule has 0 fully saturated rings. The van der Waals surface area contributed by atoms with Gasteiger partial charge in [-0.1, -0.05) is 19.9 Å². The highest BCUT2D eigenvalue weighted by molar-refractivity contribution is 7.98. The number of nitrogens with one attached hydrogen (secondary N) is 2. The monoisotopic (exact) mass is 357 g/mol. The molecule has 0 spiro atoms. The molecular formula is C19H23N3O2S. The Morgan fingerprint density at radius 2 is 1.96 bits per heavy atom. The number of pyridine rings is 1. The van der Waals surface area contributed by atoms with Crippen molar-refractivity contribution in [1.82, 2.24) is 10.3 Å². The van der Waals surface area contributed by atoms with E-state index in [1.165, 1.54) is 5.56 Å². The lowest BCUT2D eigenvalue weighted by molar-refractivity contribution is -0.126. The molecule has 1 atom stereocenters. The fourth-order valence-corrected chi connectivity index (χ4v) is 2.85. The van der Waals surface area contributed by atoms with Crippen LogP contribution >= 0.6 is 11.8 Å². The van der Waals surface area contributed by atoms with Gasteiger partial charge in [-0.05, 0) is 42.3 Å². The molecular weight excluding hydrogens is 334 g/mol. The van der Waals surface area contributed by atoms with Crippen LogP contribution in [0.2, 0.25) is 0 Å². The number of anilines is 1. The van der Waals surface area contributed by atoms with Crippen molar-refractivity contribution in [3.63, 3.8) is 0 Å². The molecule has 0 bridgehead atoms.